The van der Waals surface area contributed by atoms with Crippen LogP contribution in [-0.4, -0.2) is 68.8 Å². The molecule has 12 nitrogen and oxygen atoms in total. The Morgan fingerprint density at radius 3 is 2.54 bits per heavy atom. The number of primary amides is 1. The number of nitrogens with two attached hydrogens (primary N) is 1. The Morgan fingerprint density at radius 1 is 1.07 bits per heavy atom. The monoisotopic (exact) mass is 564 g/mol. The molecule has 12 heteroatoms. The lowest BCUT2D eigenvalue weighted by Crippen LogP contribution is -2.36. The molecule has 2 amide bonds. The Hall–Kier alpha value is -3.93. The highest BCUT2D eigenvalue weighted by atomic mass is 16.6. The van der Waals surface area contributed by atoms with E-state index in [2.05, 4.69) is 41.5 Å². The number of benzene rings is 1. The Kier molecular flexibility index (Phi) is 8.87. The van der Waals surface area contributed by atoms with Crippen LogP contribution in [0, 0.1) is 5.92 Å². The summed E-state index contributed by atoms with van der Waals surface area (Å²) in [5.41, 5.74) is 8.59. The summed E-state index contributed by atoms with van der Waals surface area (Å²) in [6, 6.07) is 8.09. The lowest BCUT2D eigenvalue weighted by Gasteiger charge is -2.28. The van der Waals surface area contributed by atoms with Crippen LogP contribution in [-0.2, 0) is 16.1 Å². The molecule has 3 heterocycles. The number of piperidine rings is 1. The molecule has 0 spiro atoms. The van der Waals surface area contributed by atoms with Gasteiger partial charge < -0.3 is 30.7 Å². The van der Waals surface area contributed by atoms with Crippen LogP contribution in [0.4, 0.5) is 16.4 Å². The Labute approximate surface area is 240 Å². The van der Waals surface area contributed by atoms with Crippen molar-refractivity contribution in [1.82, 2.24) is 24.5 Å². The van der Waals surface area contributed by atoms with E-state index in [1.54, 1.807) is 4.52 Å². The maximum Gasteiger partial charge on any atom is 0.404 e. The van der Waals surface area contributed by atoms with Crippen molar-refractivity contribution in [2.75, 3.05) is 30.8 Å². The fourth-order valence-electron chi connectivity index (χ4n) is 5.49. The summed E-state index contributed by atoms with van der Waals surface area (Å²) in [5.74, 6) is 0.641. The van der Waals surface area contributed by atoms with Gasteiger partial charge in [0.2, 0.25) is 11.9 Å². The molecule has 1 saturated carbocycles. The topological polar surface area (TPSA) is 149 Å². The number of hydrogen-bond acceptors (Lipinski definition) is 9. The SMILES string of the molecule is CC(C)c1cnn2c(NCc3cccc(NC(=O)[C@H]4CC[C@@H](OC(N)=O)CC4)c3)nc(OC3CCN(C)CC3)nc12. The second-order valence-corrected chi connectivity index (χ2v) is 11.4. The van der Waals surface area contributed by atoms with Crippen LogP contribution < -0.4 is 21.1 Å². The molecule has 41 heavy (non-hydrogen) atoms. The standard InChI is InChI=1S/C29H40N8O4/c1-18(2)24-17-32-37-25(24)34-29(41-23-11-13-36(3)14-12-23)35-28(37)31-16-19-5-4-6-21(15-19)33-26(38)20-7-9-22(10-8-20)40-27(30)39/h4-6,15,17-18,20,22-23H,7-14,16H2,1-3H3,(H2,30,39)(H,33,38)(H,31,34,35)/t20-,22+. The second-order valence-electron chi connectivity index (χ2n) is 11.4. The average molecular weight is 565 g/mol. The number of likely N-dealkylation sites (tertiary alicyclic amines) is 1. The fraction of sp³-hybridized carbons (Fsp3) is 0.552. The maximum absolute atomic E-state index is 12.9. The molecule has 1 aliphatic heterocycles. The minimum Gasteiger partial charge on any atom is -0.460 e. The van der Waals surface area contributed by atoms with Gasteiger partial charge in [-0.3, -0.25) is 4.79 Å². The van der Waals surface area contributed by atoms with Crippen LogP contribution in [0.25, 0.3) is 5.65 Å². The van der Waals surface area contributed by atoms with E-state index in [9.17, 15) is 9.59 Å². The van der Waals surface area contributed by atoms with E-state index in [0.29, 0.717) is 44.2 Å². The quantitative estimate of drug-likeness (QED) is 0.351. The van der Waals surface area contributed by atoms with Crippen LogP contribution in [0.2, 0.25) is 0 Å². The van der Waals surface area contributed by atoms with E-state index in [-0.39, 0.29) is 30.0 Å². The molecule has 2 fully saturated rings. The van der Waals surface area contributed by atoms with Crippen LogP contribution in [0.1, 0.15) is 69.4 Å². The number of carbonyl (C=O) groups is 2. The Bertz CT molecular complexity index is 1360. The zero-order valence-electron chi connectivity index (χ0n) is 24.0. The van der Waals surface area contributed by atoms with Crippen molar-refractivity contribution in [3.8, 4) is 6.01 Å². The summed E-state index contributed by atoms with van der Waals surface area (Å²) in [6.45, 7) is 6.67. The van der Waals surface area contributed by atoms with Crippen molar-refractivity contribution in [3.63, 3.8) is 0 Å². The van der Waals surface area contributed by atoms with Gasteiger partial charge in [0.05, 0.1) is 6.20 Å². The zero-order chi connectivity index (χ0) is 28.9. The number of aromatic nitrogens is 4. The third kappa shape index (κ3) is 7.24. The van der Waals surface area contributed by atoms with Gasteiger partial charge in [-0.15, -0.1) is 0 Å². The first-order valence-corrected chi connectivity index (χ1v) is 14.5. The van der Waals surface area contributed by atoms with Gasteiger partial charge in [0.1, 0.15) is 12.2 Å². The first kappa shape index (κ1) is 28.6. The number of carbonyl (C=O) groups excluding carboxylic acids is 2. The van der Waals surface area contributed by atoms with E-state index in [1.807, 2.05) is 30.5 Å². The molecule has 4 N–H and O–H groups in total. The molecule has 0 radical (unpaired) electrons. The number of fused-ring (bicyclic) bond motifs is 1. The number of nitrogens with zero attached hydrogens (tertiary/aromatic N) is 5. The molecular weight excluding hydrogens is 524 g/mol. The van der Waals surface area contributed by atoms with Crippen LogP contribution in [0.3, 0.4) is 0 Å². The van der Waals surface area contributed by atoms with Crippen LogP contribution >= 0.6 is 0 Å². The van der Waals surface area contributed by atoms with Gasteiger partial charge in [-0.1, -0.05) is 26.0 Å². The normalized spacial score (nSPS) is 20.2. The number of ether oxygens (including phenoxy) is 2. The minimum atomic E-state index is -0.764. The highest BCUT2D eigenvalue weighted by molar-refractivity contribution is 5.92. The molecule has 220 valence electrons. The van der Waals surface area contributed by atoms with Gasteiger partial charge in [0, 0.05) is 36.8 Å². The fourth-order valence-corrected chi connectivity index (χ4v) is 5.49. The van der Waals surface area contributed by atoms with Crippen molar-refractivity contribution in [2.45, 2.75) is 77.0 Å². The van der Waals surface area contributed by atoms with Crippen molar-refractivity contribution in [1.29, 1.82) is 0 Å². The summed E-state index contributed by atoms with van der Waals surface area (Å²) in [4.78, 5) is 35.6. The molecule has 5 rings (SSSR count). The molecule has 2 aromatic heterocycles. The second kappa shape index (κ2) is 12.7. The molecule has 3 aromatic rings. The van der Waals surface area contributed by atoms with Crippen LogP contribution in [0.5, 0.6) is 6.01 Å². The van der Waals surface area contributed by atoms with E-state index >= 15 is 0 Å². The molecule has 0 unspecified atom stereocenters. The summed E-state index contributed by atoms with van der Waals surface area (Å²) in [5, 5.41) is 11.0. The van der Waals surface area contributed by atoms with Gasteiger partial charge in [0.15, 0.2) is 5.65 Å². The van der Waals surface area contributed by atoms with Crippen molar-refractivity contribution < 1.29 is 19.1 Å². The van der Waals surface area contributed by atoms with E-state index in [1.165, 1.54) is 0 Å². The maximum atomic E-state index is 12.9. The first-order valence-electron chi connectivity index (χ1n) is 14.5. The van der Waals surface area contributed by atoms with Crippen molar-refractivity contribution >= 4 is 29.3 Å². The van der Waals surface area contributed by atoms with Gasteiger partial charge in [-0.05, 0) is 69.2 Å². The van der Waals surface area contributed by atoms with Gasteiger partial charge in [-0.2, -0.15) is 19.6 Å². The van der Waals surface area contributed by atoms with Crippen molar-refractivity contribution in [3.05, 3.63) is 41.6 Å². The number of rotatable bonds is 9. The van der Waals surface area contributed by atoms with Gasteiger partial charge in [0.25, 0.3) is 0 Å². The highest BCUT2D eigenvalue weighted by Gasteiger charge is 2.28. The molecule has 1 aromatic carbocycles. The Balaban J connectivity index is 1.25. The molecule has 1 saturated heterocycles. The average Bonchev–Trinajstić information content (AvgIpc) is 3.38. The highest BCUT2D eigenvalue weighted by Crippen LogP contribution is 2.28. The van der Waals surface area contributed by atoms with Crippen LogP contribution in [0.15, 0.2) is 30.5 Å². The smallest absolute Gasteiger partial charge is 0.404 e. The molecule has 0 bridgehead atoms. The number of amides is 2. The lowest BCUT2D eigenvalue weighted by molar-refractivity contribution is -0.121. The lowest BCUT2D eigenvalue weighted by atomic mass is 9.86. The predicted molar refractivity (Wildman–Crippen MR) is 155 cm³/mol. The molecular formula is C29H40N8O4. The molecule has 2 aliphatic rings. The van der Waals surface area contributed by atoms with E-state index < -0.39 is 6.09 Å². The summed E-state index contributed by atoms with van der Waals surface area (Å²) in [7, 11) is 2.12. The van der Waals surface area contributed by atoms with Gasteiger partial charge in [-0.25, -0.2) is 4.79 Å². The Morgan fingerprint density at radius 2 is 1.83 bits per heavy atom. The van der Waals surface area contributed by atoms with Gasteiger partial charge >= 0.3 is 12.1 Å². The molecule has 0 atom stereocenters. The zero-order valence-corrected chi connectivity index (χ0v) is 24.0. The predicted octanol–water partition coefficient (Wildman–Crippen LogP) is 3.93. The van der Waals surface area contributed by atoms with E-state index in [0.717, 1.165) is 48.4 Å². The number of hydrogen-bond donors (Lipinski definition) is 3. The third-order valence-corrected chi connectivity index (χ3v) is 7.91. The first-order chi connectivity index (χ1) is 19.7. The van der Waals surface area contributed by atoms with Crippen molar-refractivity contribution in [2.24, 2.45) is 11.7 Å². The minimum absolute atomic E-state index is 0.0291. The largest absolute Gasteiger partial charge is 0.460 e. The molecule has 1 aliphatic carbocycles. The summed E-state index contributed by atoms with van der Waals surface area (Å²) in [6.07, 6.45) is 5.39. The van der Waals surface area contributed by atoms with E-state index in [4.69, 9.17) is 25.2 Å². The third-order valence-electron chi connectivity index (χ3n) is 7.91. The number of nitrogens with one attached hydrogen (secondary N) is 2. The summed E-state index contributed by atoms with van der Waals surface area (Å²) >= 11 is 0. The summed E-state index contributed by atoms with van der Waals surface area (Å²) < 4.78 is 13.1. The number of anilines is 2.